The number of pyridine rings is 2. The van der Waals surface area contributed by atoms with Crippen LogP contribution in [0.3, 0.4) is 0 Å². The van der Waals surface area contributed by atoms with Crippen molar-refractivity contribution in [2.45, 2.75) is 38.3 Å². The highest BCUT2D eigenvalue weighted by atomic mass is 16.2. The highest BCUT2D eigenvalue weighted by Crippen LogP contribution is 2.25. The summed E-state index contributed by atoms with van der Waals surface area (Å²) in [4.78, 5) is 43.9. The first-order chi connectivity index (χ1) is 14.6. The van der Waals surface area contributed by atoms with Gasteiger partial charge in [0.15, 0.2) is 0 Å². The van der Waals surface area contributed by atoms with Gasteiger partial charge < -0.3 is 15.6 Å². The van der Waals surface area contributed by atoms with Crippen LogP contribution in [0.4, 0.5) is 0 Å². The molecule has 2 heterocycles. The average molecular weight is 404 g/mol. The second kappa shape index (κ2) is 8.90. The first-order valence-electron chi connectivity index (χ1n) is 10.2. The van der Waals surface area contributed by atoms with Crippen molar-refractivity contribution in [3.63, 3.8) is 0 Å². The first-order valence-corrected chi connectivity index (χ1v) is 10.2. The van der Waals surface area contributed by atoms with Crippen LogP contribution >= 0.6 is 0 Å². The van der Waals surface area contributed by atoms with Crippen LogP contribution in [-0.2, 0) is 11.3 Å². The number of benzene rings is 1. The smallest absolute Gasteiger partial charge is 0.252 e. The second-order valence-electron chi connectivity index (χ2n) is 7.69. The molecular formula is C23H24N4O3. The van der Waals surface area contributed by atoms with Gasteiger partial charge in [0.25, 0.3) is 5.91 Å². The third-order valence-corrected chi connectivity index (χ3v) is 5.62. The fourth-order valence-electron chi connectivity index (χ4n) is 3.99. The van der Waals surface area contributed by atoms with Gasteiger partial charge in [0.2, 0.25) is 11.5 Å². The van der Waals surface area contributed by atoms with Gasteiger partial charge in [-0.25, -0.2) is 0 Å². The summed E-state index contributed by atoms with van der Waals surface area (Å²) >= 11 is 0. The quantitative estimate of drug-likeness (QED) is 0.608. The molecule has 2 aromatic heterocycles. The molecule has 1 saturated carbocycles. The molecule has 154 valence electrons. The lowest BCUT2D eigenvalue weighted by Crippen LogP contribution is -2.41. The van der Waals surface area contributed by atoms with E-state index >= 15 is 0 Å². The number of hydrogen-bond acceptors (Lipinski definition) is 4. The Morgan fingerprint density at radius 3 is 2.63 bits per heavy atom. The number of hydrogen-bond donors (Lipinski definition) is 3. The molecule has 0 unspecified atom stereocenters. The molecule has 1 aliphatic rings. The highest BCUT2D eigenvalue weighted by Gasteiger charge is 2.27. The Morgan fingerprint density at radius 2 is 1.87 bits per heavy atom. The lowest BCUT2D eigenvalue weighted by Gasteiger charge is -2.28. The van der Waals surface area contributed by atoms with Crippen LogP contribution in [0.15, 0.2) is 59.7 Å². The Labute approximate surface area is 173 Å². The van der Waals surface area contributed by atoms with E-state index in [2.05, 4.69) is 20.6 Å². The summed E-state index contributed by atoms with van der Waals surface area (Å²) in [5, 5.41) is 6.73. The molecular weight excluding hydrogens is 380 g/mol. The number of amides is 2. The van der Waals surface area contributed by atoms with Gasteiger partial charge in [-0.2, -0.15) is 0 Å². The van der Waals surface area contributed by atoms with E-state index in [0.29, 0.717) is 17.6 Å². The molecule has 0 atom stereocenters. The molecule has 1 aliphatic carbocycles. The van der Waals surface area contributed by atoms with Crippen molar-refractivity contribution in [2.24, 2.45) is 5.92 Å². The van der Waals surface area contributed by atoms with E-state index in [4.69, 9.17) is 0 Å². The van der Waals surface area contributed by atoms with Gasteiger partial charge in [-0.05, 0) is 43.4 Å². The van der Waals surface area contributed by atoms with E-state index in [1.54, 1.807) is 18.5 Å². The molecule has 4 rings (SSSR count). The number of fused-ring (bicyclic) bond motifs is 1. The maximum Gasteiger partial charge on any atom is 0.252 e. The lowest BCUT2D eigenvalue weighted by atomic mass is 9.85. The SMILES string of the molecule is O=C(NC1CCC(C(=O)NCc2cccnc2)CC1)c1cc(=O)[nH]c2ccccc12. The number of para-hydroxylation sites is 1. The van der Waals surface area contributed by atoms with Crippen LogP contribution in [-0.4, -0.2) is 27.8 Å². The summed E-state index contributed by atoms with van der Waals surface area (Å²) in [6, 6.07) is 12.4. The molecule has 30 heavy (non-hydrogen) atoms. The number of aromatic amines is 1. The first kappa shape index (κ1) is 19.8. The number of carbonyl (C=O) groups is 2. The Balaban J connectivity index is 1.32. The summed E-state index contributed by atoms with van der Waals surface area (Å²) in [6.07, 6.45) is 6.36. The summed E-state index contributed by atoms with van der Waals surface area (Å²) < 4.78 is 0. The minimum atomic E-state index is -0.298. The van der Waals surface area contributed by atoms with Crippen LogP contribution in [0.2, 0.25) is 0 Å². The van der Waals surface area contributed by atoms with Crippen molar-refractivity contribution >= 4 is 22.7 Å². The van der Waals surface area contributed by atoms with E-state index in [-0.39, 0.29) is 29.3 Å². The Hall–Kier alpha value is -3.48. The standard InChI is InChI=1S/C23H24N4O3/c28-21-12-19(18-5-1-2-6-20(18)27-21)23(30)26-17-9-7-16(8-10-17)22(29)25-14-15-4-3-11-24-13-15/h1-6,11-13,16-17H,7-10,14H2,(H,25,29)(H,26,30)(H,27,28). The van der Waals surface area contributed by atoms with E-state index in [9.17, 15) is 14.4 Å². The Morgan fingerprint density at radius 1 is 1.07 bits per heavy atom. The molecule has 0 radical (unpaired) electrons. The molecule has 0 bridgehead atoms. The zero-order valence-electron chi connectivity index (χ0n) is 16.6. The highest BCUT2D eigenvalue weighted by molar-refractivity contribution is 6.06. The maximum absolute atomic E-state index is 12.8. The van der Waals surface area contributed by atoms with E-state index in [0.717, 1.165) is 36.6 Å². The number of H-pyrrole nitrogens is 1. The van der Waals surface area contributed by atoms with Gasteiger partial charge in [0, 0.05) is 47.9 Å². The lowest BCUT2D eigenvalue weighted by molar-refractivity contribution is -0.126. The van der Waals surface area contributed by atoms with Gasteiger partial charge in [0.05, 0.1) is 5.56 Å². The number of carbonyl (C=O) groups excluding carboxylic acids is 2. The summed E-state index contributed by atoms with van der Waals surface area (Å²) in [7, 11) is 0. The van der Waals surface area contributed by atoms with Crippen LogP contribution in [0, 0.1) is 5.92 Å². The van der Waals surface area contributed by atoms with Crippen molar-refractivity contribution < 1.29 is 9.59 Å². The zero-order valence-corrected chi connectivity index (χ0v) is 16.6. The molecule has 3 aromatic rings. The minimum absolute atomic E-state index is 0.00192. The Bertz CT molecular complexity index is 1100. The van der Waals surface area contributed by atoms with E-state index < -0.39 is 0 Å². The van der Waals surface area contributed by atoms with Crippen molar-refractivity contribution in [1.82, 2.24) is 20.6 Å². The van der Waals surface area contributed by atoms with Gasteiger partial charge in [0.1, 0.15) is 0 Å². The molecule has 1 aromatic carbocycles. The predicted molar refractivity (Wildman–Crippen MR) is 114 cm³/mol. The second-order valence-corrected chi connectivity index (χ2v) is 7.69. The summed E-state index contributed by atoms with van der Waals surface area (Å²) in [5.74, 6) is -0.249. The third-order valence-electron chi connectivity index (χ3n) is 5.62. The number of nitrogens with zero attached hydrogens (tertiary/aromatic N) is 1. The topological polar surface area (TPSA) is 104 Å². The number of rotatable bonds is 5. The number of nitrogens with one attached hydrogen (secondary N) is 3. The van der Waals surface area contributed by atoms with Crippen LogP contribution < -0.4 is 16.2 Å². The zero-order chi connectivity index (χ0) is 20.9. The van der Waals surface area contributed by atoms with Gasteiger partial charge >= 0.3 is 0 Å². The van der Waals surface area contributed by atoms with E-state index in [1.807, 2.05) is 30.3 Å². The third kappa shape index (κ3) is 4.56. The van der Waals surface area contributed by atoms with Crippen LogP contribution in [0.5, 0.6) is 0 Å². The van der Waals surface area contributed by atoms with Crippen LogP contribution in [0.25, 0.3) is 10.9 Å². The van der Waals surface area contributed by atoms with Gasteiger partial charge in [-0.1, -0.05) is 24.3 Å². The number of aromatic nitrogens is 2. The molecule has 7 heteroatoms. The molecule has 0 spiro atoms. The van der Waals surface area contributed by atoms with Gasteiger partial charge in [-0.3, -0.25) is 19.4 Å². The van der Waals surface area contributed by atoms with Crippen molar-refractivity contribution in [2.75, 3.05) is 0 Å². The molecule has 0 saturated heterocycles. The molecule has 7 nitrogen and oxygen atoms in total. The maximum atomic E-state index is 12.8. The van der Waals surface area contributed by atoms with E-state index in [1.165, 1.54) is 6.07 Å². The van der Waals surface area contributed by atoms with Gasteiger partial charge in [-0.15, -0.1) is 0 Å². The molecule has 3 N–H and O–H groups in total. The van der Waals surface area contributed by atoms with Crippen LogP contribution in [0.1, 0.15) is 41.6 Å². The monoisotopic (exact) mass is 404 g/mol. The summed E-state index contributed by atoms with van der Waals surface area (Å²) in [5.41, 5.74) is 1.69. The average Bonchev–Trinajstić information content (AvgIpc) is 2.78. The summed E-state index contributed by atoms with van der Waals surface area (Å²) in [6.45, 7) is 0.471. The minimum Gasteiger partial charge on any atom is -0.352 e. The predicted octanol–water partition coefficient (Wildman–Crippen LogP) is 2.53. The van der Waals surface area contributed by atoms with Crippen molar-refractivity contribution in [3.8, 4) is 0 Å². The fourth-order valence-corrected chi connectivity index (χ4v) is 3.99. The molecule has 2 amide bonds. The largest absolute Gasteiger partial charge is 0.352 e. The van der Waals surface area contributed by atoms with Crippen molar-refractivity contribution in [3.05, 3.63) is 76.3 Å². The normalized spacial score (nSPS) is 18.7. The Kier molecular flexibility index (Phi) is 5.88. The molecule has 0 aliphatic heterocycles. The fraction of sp³-hybridized carbons (Fsp3) is 0.304. The van der Waals surface area contributed by atoms with Crippen molar-refractivity contribution in [1.29, 1.82) is 0 Å². The molecule has 1 fully saturated rings.